The van der Waals surface area contributed by atoms with Crippen LogP contribution in [0.15, 0.2) is 35.5 Å². The van der Waals surface area contributed by atoms with Crippen LogP contribution in [0.2, 0.25) is 0 Å². The summed E-state index contributed by atoms with van der Waals surface area (Å²) < 4.78 is 69.3. The fourth-order valence-electron chi connectivity index (χ4n) is 4.12. The average Bonchev–Trinajstić information content (AvgIpc) is 3.18. The minimum Gasteiger partial charge on any atom is -0.397 e. The van der Waals surface area contributed by atoms with Gasteiger partial charge in [0.15, 0.2) is 9.84 Å². The SMILES string of the molecule is CCO.Cn1cc(-c2ccc(S(=O)(=O)[C@@H]3CCC(C(=O)NC4(C#N)CC4)C3)c(C(F)(F)F)c2)cn1. The molecule has 1 heterocycles. The van der Waals surface area contributed by atoms with Crippen LogP contribution in [0, 0.1) is 17.2 Å². The molecule has 2 aromatic rings. The largest absolute Gasteiger partial charge is 0.417 e. The van der Waals surface area contributed by atoms with Gasteiger partial charge in [0.05, 0.1) is 28.0 Å². The predicted octanol–water partition coefficient (Wildman–Crippen LogP) is 3.22. The van der Waals surface area contributed by atoms with Gasteiger partial charge in [0.1, 0.15) is 5.54 Å². The van der Waals surface area contributed by atoms with Crippen LogP contribution in [0.1, 0.15) is 44.6 Å². The maximum Gasteiger partial charge on any atom is 0.417 e. The Morgan fingerprint density at radius 3 is 2.49 bits per heavy atom. The molecule has 1 aromatic carbocycles. The Morgan fingerprint density at radius 2 is 1.97 bits per heavy atom. The van der Waals surface area contributed by atoms with Crippen molar-refractivity contribution in [2.45, 2.75) is 60.9 Å². The van der Waals surface area contributed by atoms with E-state index in [4.69, 9.17) is 10.4 Å². The zero-order valence-electron chi connectivity index (χ0n) is 19.3. The average molecular weight is 513 g/mol. The second-order valence-corrected chi connectivity index (χ2v) is 11.0. The fourth-order valence-corrected chi connectivity index (χ4v) is 6.15. The lowest BCUT2D eigenvalue weighted by atomic mass is 10.1. The minimum absolute atomic E-state index is 0.0721. The van der Waals surface area contributed by atoms with Crippen LogP contribution >= 0.6 is 0 Å². The van der Waals surface area contributed by atoms with Gasteiger partial charge in [-0.25, -0.2) is 8.42 Å². The first-order valence-corrected chi connectivity index (χ1v) is 12.7. The van der Waals surface area contributed by atoms with E-state index in [1.807, 2.05) is 6.07 Å². The summed E-state index contributed by atoms with van der Waals surface area (Å²) in [5, 5.41) is 22.2. The highest BCUT2D eigenvalue weighted by molar-refractivity contribution is 7.92. The van der Waals surface area contributed by atoms with E-state index in [0.717, 1.165) is 12.1 Å². The Morgan fingerprint density at radius 1 is 1.31 bits per heavy atom. The summed E-state index contributed by atoms with van der Waals surface area (Å²) in [6.45, 7) is 1.93. The number of rotatable bonds is 5. The van der Waals surface area contributed by atoms with Crippen molar-refractivity contribution in [1.29, 1.82) is 5.26 Å². The number of hydrogen-bond donors (Lipinski definition) is 2. The first kappa shape index (κ1) is 26.7. The highest BCUT2D eigenvalue weighted by atomic mass is 32.2. The van der Waals surface area contributed by atoms with Gasteiger partial charge in [0, 0.05) is 31.3 Å². The molecule has 0 radical (unpaired) electrons. The molecule has 2 aliphatic carbocycles. The van der Waals surface area contributed by atoms with E-state index < -0.39 is 49.1 Å². The molecule has 1 amide bonds. The van der Waals surface area contributed by atoms with Crippen molar-refractivity contribution in [2.75, 3.05) is 6.61 Å². The van der Waals surface area contributed by atoms with Crippen LogP contribution in [0.25, 0.3) is 11.1 Å². The summed E-state index contributed by atoms with van der Waals surface area (Å²) in [6, 6.07) is 5.19. The van der Waals surface area contributed by atoms with Crippen molar-refractivity contribution >= 4 is 15.7 Å². The highest BCUT2D eigenvalue weighted by Gasteiger charge is 2.48. The third kappa shape index (κ3) is 5.85. The molecule has 0 bridgehead atoms. The first-order chi connectivity index (χ1) is 16.4. The maximum absolute atomic E-state index is 13.8. The van der Waals surface area contributed by atoms with Crippen LogP contribution < -0.4 is 5.32 Å². The fraction of sp³-hybridized carbons (Fsp3) is 0.522. The molecule has 8 nitrogen and oxygen atoms in total. The van der Waals surface area contributed by atoms with Gasteiger partial charge < -0.3 is 10.4 Å². The van der Waals surface area contributed by atoms with Crippen molar-refractivity contribution in [3.8, 4) is 17.2 Å². The molecule has 190 valence electrons. The number of halogens is 3. The Hall–Kier alpha value is -2.91. The number of aromatic nitrogens is 2. The number of carbonyl (C=O) groups excluding carboxylic acids is 1. The van der Waals surface area contributed by atoms with E-state index in [9.17, 15) is 26.4 Å². The van der Waals surface area contributed by atoms with Crippen molar-refractivity contribution in [2.24, 2.45) is 13.0 Å². The number of benzene rings is 1. The van der Waals surface area contributed by atoms with E-state index in [-0.39, 0.29) is 31.4 Å². The number of carbonyl (C=O) groups is 1. The molecule has 0 aliphatic heterocycles. The topological polar surface area (TPSA) is 125 Å². The van der Waals surface area contributed by atoms with Gasteiger partial charge in [-0.3, -0.25) is 9.48 Å². The quantitative estimate of drug-likeness (QED) is 0.634. The van der Waals surface area contributed by atoms with E-state index in [1.54, 1.807) is 14.0 Å². The summed E-state index contributed by atoms with van der Waals surface area (Å²) in [7, 11) is -2.71. The van der Waals surface area contributed by atoms with Gasteiger partial charge >= 0.3 is 6.18 Å². The molecule has 12 heteroatoms. The lowest BCUT2D eigenvalue weighted by molar-refractivity contribution is -0.139. The number of amides is 1. The Kier molecular flexibility index (Phi) is 7.62. The number of alkyl halides is 3. The number of sulfone groups is 1. The summed E-state index contributed by atoms with van der Waals surface area (Å²) in [6.07, 6.45) is -0.592. The molecule has 4 rings (SSSR count). The third-order valence-electron chi connectivity index (χ3n) is 6.15. The predicted molar refractivity (Wildman–Crippen MR) is 120 cm³/mol. The van der Waals surface area contributed by atoms with Gasteiger partial charge in [-0.1, -0.05) is 6.07 Å². The lowest BCUT2D eigenvalue weighted by Crippen LogP contribution is -2.39. The minimum atomic E-state index is -4.87. The van der Waals surface area contributed by atoms with Gasteiger partial charge in [0.2, 0.25) is 5.91 Å². The van der Waals surface area contributed by atoms with E-state index in [0.29, 0.717) is 18.4 Å². The van der Waals surface area contributed by atoms with Crippen LogP contribution in [0.5, 0.6) is 0 Å². The molecule has 35 heavy (non-hydrogen) atoms. The Balaban J connectivity index is 0.00000108. The molecule has 2 aliphatic rings. The molecule has 1 aromatic heterocycles. The number of aliphatic hydroxyl groups excluding tert-OH is 1. The van der Waals surface area contributed by atoms with Crippen molar-refractivity contribution < 1.29 is 31.5 Å². The van der Waals surface area contributed by atoms with Crippen LogP contribution in [-0.4, -0.2) is 46.6 Å². The van der Waals surface area contributed by atoms with Gasteiger partial charge in [0.25, 0.3) is 0 Å². The van der Waals surface area contributed by atoms with E-state index in [2.05, 4.69) is 10.4 Å². The molecule has 2 fully saturated rings. The smallest absolute Gasteiger partial charge is 0.397 e. The monoisotopic (exact) mass is 512 g/mol. The molecule has 2 atom stereocenters. The third-order valence-corrected chi connectivity index (χ3v) is 8.43. The zero-order chi connectivity index (χ0) is 26.0. The van der Waals surface area contributed by atoms with Crippen LogP contribution in [0.3, 0.4) is 0 Å². The summed E-state index contributed by atoms with van der Waals surface area (Å²) >= 11 is 0. The molecule has 2 N–H and O–H groups in total. The number of nitrogens with zero attached hydrogens (tertiary/aromatic N) is 3. The molecule has 2 saturated carbocycles. The summed E-state index contributed by atoms with van der Waals surface area (Å²) in [5.74, 6) is -1.06. The molecule has 0 spiro atoms. The van der Waals surface area contributed by atoms with Crippen molar-refractivity contribution in [3.05, 3.63) is 36.2 Å². The standard InChI is InChI=1S/C21H21F3N4O3S.C2H6O/c1-28-11-15(10-26-28)13-3-5-18(17(9-13)21(22,23)24)32(30,31)16-4-2-14(8-16)19(29)27-20(12-25)6-7-20;1-2-3/h3,5,9-11,14,16H,2,4,6-8H2,1H3,(H,27,29);3H,2H2,1H3/t14?,16-;/m1./s1. The molecular weight excluding hydrogens is 485 g/mol. The van der Waals surface area contributed by atoms with Gasteiger partial charge in [-0.15, -0.1) is 0 Å². The maximum atomic E-state index is 13.8. The lowest BCUT2D eigenvalue weighted by Gasteiger charge is -2.18. The second-order valence-electron chi connectivity index (χ2n) is 8.79. The Bertz CT molecular complexity index is 1230. The summed E-state index contributed by atoms with van der Waals surface area (Å²) in [4.78, 5) is 11.7. The molecule has 1 unspecified atom stereocenters. The van der Waals surface area contributed by atoms with E-state index >= 15 is 0 Å². The number of aliphatic hydroxyl groups is 1. The summed E-state index contributed by atoms with van der Waals surface area (Å²) in [5.41, 5.74) is -1.46. The van der Waals surface area contributed by atoms with E-state index in [1.165, 1.54) is 23.1 Å². The normalized spacial score (nSPS) is 20.9. The van der Waals surface area contributed by atoms with Gasteiger partial charge in [-0.05, 0) is 56.7 Å². The Labute approximate surface area is 201 Å². The molecule has 0 saturated heterocycles. The molecular formula is C23H27F3N4O4S. The first-order valence-electron chi connectivity index (χ1n) is 11.1. The number of aryl methyl sites for hydroxylation is 1. The zero-order valence-corrected chi connectivity index (χ0v) is 20.2. The number of nitriles is 1. The number of hydrogen-bond acceptors (Lipinski definition) is 6. The number of nitrogens with one attached hydrogen (secondary N) is 1. The van der Waals surface area contributed by atoms with Crippen LogP contribution in [0.4, 0.5) is 13.2 Å². The van der Waals surface area contributed by atoms with Gasteiger partial charge in [-0.2, -0.15) is 23.5 Å². The second kappa shape index (κ2) is 9.99. The van der Waals surface area contributed by atoms with Crippen molar-refractivity contribution in [3.63, 3.8) is 0 Å². The van der Waals surface area contributed by atoms with Crippen molar-refractivity contribution in [1.82, 2.24) is 15.1 Å². The van der Waals surface area contributed by atoms with Crippen LogP contribution in [-0.2, 0) is 27.9 Å². The highest BCUT2D eigenvalue weighted by Crippen LogP contribution is 2.42.